The Morgan fingerprint density at radius 2 is 1.34 bits per heavy atom. The van der Waals surface area contributed by atoms with Crippen LogP contribution >= 0.6 is 0 Å². The highest BCUT2D eigenvalue weighted by molar-refractivity contribution is 5.80. The fourth-order valence-corrected chi connectivity index (χ4v) is 4.06. The van der Waals surface area contributed by atoms with Gasteiger partial charge in [-0.1, -0.05) is 40.0 Å². The van der Waals surface area contributed by atoms with E-state index >= 15 is 0 Å². The van der Waals surface area contributed by atoms with Gasteiger partial charge >= 0.3 is 0 Å². The molecule has 0 bridgehead atoms. The average molecular weight is 497 g/mol. The van der Waals surface area contributed by atoms with Crippen molar-refractivity contribution < 1.29 is 19.1 Å². The number of nitrogens with one attached hydrogen (secondary N) is 2. The summed E-state index contributed by atoms with van der Waals surface area (Å²) in [4.78, 5) is 40.3. The van der Waals surface area contributed by atoms with E-state index in [1.54, 1.807) is 0 Å². The Kier molecular flexibility index (Phi) is 18.6. The minimum Gasteiger partial charge on any atom is -0.381 e. The molecule has 204 valence electrons. The van der Waals surface area contributed by atoms with Crippen LogP contribution in [0.5, 0.6) is 0 Å². The van der Waals surface area contributed by atoms with E-state index in [0.717, 1.165) is 78.1 Å². The number of ether oxygens (including phenoxy) is 1. The third-order valence-corrected chi connectivity index (χ3v) is 6.53. The number of rotatable bonds is 21. The zero-order chi connectivity index (χ0) is 25.7. The highest BCUT2D eigenvalue weighted by Crippen LogP contribution is 2.05. The highest BCUT2D eigenvalue weighted by Gasteiger charge is 2.16. The van der Waals surface area contributed by atoms with Gasteiger partial charge in [0, 0.05) is 77.6 Å². The maximum Gasteiger partial charge on any atom is 0.220 e. The largest absolute Gasteiger partial charge is 0.381 e. The smallest absolute Gasteiger partial charge is 0.220 e. The molecule has 1 aliphatic rings. The summed E-state index contributed by atoms with van der Waals surface area (Å²) in [5, 5.41) is 5.93. The van der Waals surface area contributed by atoms with E-state index in [1.807, 2.05) is 13.8 Å². The molecule has 8 nitrogen and oxygen atoms in total. The third-order valence-electron chi connectivity index (χ3n) is 6.53. The van der Waals surface area contributed by atoms with Gasteiger partial charge in [-0.15, -0.1) is 0 Å². The minimum atomic E-state index is 0.0372. The average Bonchev–Trinajstić information content (AvgIpc) is 2.84. The van der Waals surface area contributed by atoms with Crippen molar-refractivity contribution in [1.82, 2.24) is 20.4 Å². The Balaban J connectivity index is 1.93. The van der Waals surface area contributed by atoms with Crippen molar-refractivity contribution in [2.75, 3.05) is 65.6 Å². The van der Waals surface area contributed by atoms with Crippen molar-refractivity contribution in [3.05, 3.63) is 0 Å². The first-order chi connectivity index (χ1) is 16.9. The zero-order valence-electron chi connectivity index (χ0n) is 22.7. The predicted molar refractivity (Wildman–Crippen MR) is 141 cm³/mol. The van der Waals surface area contributed by atoms with Gasteiger partial charge in [-0.05, 0) is 32.2 Å². The fraction of sp³-hybridized carbons (Fsp3) is 0.889. The number of hydrogen-bond acceptors (Lipinski definition) is 6. The Morgan fingerprint density at radius 1 is 0.714 bits per heavy atom. The van der Waals surface area contributed by atoms with Gasteiger partial charge in [-0.2, -0.15) is 0 Å². The molecule has 0 unspecified atom stereocenters. The number of carbonyl (C=O) groups is 3. The van der Waals surface area contributed by atoms with Crippen molar-refractivity contribution >= 4 is 17.6 Å². The summed E-state index contributed by atoms with van der Waals surface area (Å²) in [5.41, 5.74) is 0. The summed E-state index contributed by atoms with van der Waals surface area (Å²) >= 11 is 0. The van der Waals surface area contributed by atoms with Crippen LogP contribution in [-0.2, 0) is 19.1 Å². The van der Waals surface area contributed by atoms with Gasteiger partial charge in [0.05, 0.1) is 6.61 Å². The van der Waals surface area contributed by atoms with Crippen LogP contribution in [0.25, 0.3) is 0 Å². The van der Waals surface area contributed by atoms with Crippen molar-refractivity contribution in [1.29, 1.82) is 0 Å². The molecule has 2 N–H and O–H groups in total. The van der Waals surface area contributed by atoms with Gasteiger partial charge in [-0.3, -0.25) is 19.3 Å². The lowest BCUT2D eigenvalue weighted by Crippen LogP contribution is -2.48. The van der Waals surface area contributed by atoms with E-state index in [1.165, 1.54) is 12.8 Å². The molecule has 2 amide bonds. The Labute approximate surface area is 213 Å². The van der Waals surface area contributed by atoms with Crippen LogP contribution in [0.1, 0.15) is 85.0 Å². The Bertz CT molecular complexity index is 578. The van der Waals surface area contributed by atoms with Crippen LogP contribution in [0.4, 0.5) is 0 Å². The molecule has 8 heteroatoms. The monoisotopic (exact) mass is 496 g/mol. The molecular formula is C27H52N4O4. The zero-order valence-corrected chi connectivity index (χ0v) is 22.7. The van der Waals surface area contributed by atoms with E-state index in [2.05, 4.69) is 27.4 Å². The molecule has 1 fully saturated rings. The van der Waals surface area contributed by atoms with E-state index in [0.29, 0.717) is 38.8 Å². The van der Waals surface area contributed by atoms with E-state index in [-0.39, 0.29) is 23.5 Å². The maximum atomic E-state index is 12.0. The number of piperazine rings is 1. The molecular weight excluding hydrogens is 444 g/mol. The van der Waals surface area contributed by atoms with Crippen molar-refractivity contribution in [2.45, 2.75) is 85.0 Å². The van der Waals surface area contributed by atoms with Crippen molar-refractivity contribution in [2.24, 2.45) is 5.92 Å². The van der Waals surface area contributed by atoms with Crippen molar-refractivity contribution in [3.63, 3.8) is 0 Å². The number of amides is 2. The van der Waals surface area contributed by atoms with E-state index in [9.17, 15) is 14.4 Å². The summed E-state index contributed by atoms with van der Waals surface area (Å²) < 4.78 is 5.59. The molecule has 0 saturated carbocycles. The van der Waals surface area contributed by atoms with Crippen LogP contribution in [0.2, 0.25) is 0 Å². The van der Waals surface area contributed by atoms with Gasteiger partial charge in [0.25, 0.3) is 0 Å². The SMILES string of the molecule is CCCCCCNC(=O)CCCC(=O)NCCN1CCN(CCCCOCCC(=O)C(C)C)CC1. The van der Waals surface area contributed by atoms with Crippen LogP contribution in [-0.4, -0.2) is 93.0 Å². The molecule has 0 aromatic heterocycles. The second-order valence-electron chi connectivity index (χ2n) is 9.99. The summed E-state index contributed by atoms with van der Waals surface area (Å²) in [6, 6.07) is 0. The molecule has 0 aromatic rings. The Morgan fingerprint density at radius 3 is 1.97 bits per heavy atom. The molecule has 0 atom stereocenters. The topological polar surface area (TPSA) is 91.0 Å². The number of hydrogen-bond donors (Lipinski definition) is 2. The molecule has 0 radical (unpaired) electrons. The fourth-order valence-electron chi connectivity index (χ4n) is 4.06. The quantitative estimate of drug-likeness (QED) is 0.237. The van der Waals surface area contributed by atoms with Crippen LogP contribution in [0, 0.1) is 5.92 Å². The first-order valence-electron chi connectivity index (χ1n) is 14.0. The van der Waals surface area contributed by atoms with Gasteiger partial charge in [0.2, 0.25) is 11.8 Å². The summed E-state index contributed by atoms with van der Waals surface area (Å²) in [6.07, 6.45) is 8.71. The lowest BCUT2D eigenvalue weighted by molar-refractivity contribution is -0.123. The minimum absolute atomic E-state index is 0.0372. The number of Topliss-reactive ketones (excluding diaryl/α,β-unsaturated/α-hetero) is 1. The molecule has 0 aromatic carbocycles. The van der Waals surface area contributed by atoms with Gasteiger partial charge in [-0.25, -0.2) is 0 Å². The third kappa shape index (κ3) is 17.5. The molecule has 1 aliphatic heterocycles. The maximum absolute atomic E-state index is 12.0. The normalized spacial score (nSPS) is 14.9. The van der Waals surface area contributed by atoms with Gasteiger partial charge < -0.3 is 20.3 Å². The highest BCUT2D eigenvalue weighted by atomic mass is 16.5. The number of carbonyl (C=O) groups excluding carboxylic acids is 3. The molecule has 1 rings (SSSR count). The van der Waals surface area contributed by atoms with Gasteiger partial charge in [0.15, 0.2) is 0 Å². The summed E-state index contributed by atoms with van der Waals surface area (Å²) in [5.74, 6) is 0.464. The molecule has 0 spiro atoms. The van der Waals surface area contributed by atoms with E-state index in [4.69, 9.17) is 4.74 Å². The molecule has 35 heavy (non-hydrogen) atoms. The second kappa shape index (κ2) is 20.7. The Hall–Kier alpha value is -1.51. The number of nitrogens with zero attached hydrogens (tertiary/aromatic N) is 2. The van der Waals surface area contributed by atoms with E-state index < -0.39 is 0 Å². The summed E-state index contributed by atoms with van der Waals surface area (Å²) in [7, 11) is 0. The lowest BCUT2D eigenvalue weighted by Gasteiger charge is -2.34. The first-order valence-corrected chi connectivity index (χ1v) is 14.0. The second-order valence-corrected chi connectivity index (χ2v) is 9.99. The molecule has 1 heterocycles. The summed E-state index contributed by atoms with van der Waals surface area (Å²) in [6.45, 7) is 14.9. The lowest BCUT2D eigenvalue weighted by atomic mass is 10.1. The van der Waals surface area contributed by atoms with Crippen LogP contribution < -0.4 is 10.6 Å². The predicted octanol–water partition coefficient (Wildman–Crippen LogP) is 3.00. The molecule has 1 saturated heterocycles. The molecule has 0 aliphatic carbocycles. The first kappa shape index (κ1) is 31.5. The standard InChI is InChI=1S/C27H52N4O4/c1-4-5-6-7-14-28-26(33)11-10-12-27(34)29-15-17-31-20-18-30(19-21-31)16-8-9-22-35-23-13-25(32)24(2)3/h24H,4-23H2,1-3H3,(H,28,33)(H,29,34). The van der Waals surface area contributed by atoms with Crippen molar-refractivity contribution in [3.8, 4) is 0 Å². The van der Waals surface area contributed by atoms with Crippen LogP contribution in [0.3, 0.4) is 0 Å². The van der Waals surface area contributed by atoms with Gasteiger partial charge in [0.1, 0.15) is 5.78 Å². The number of unbranched alkanes of at least 4 members (excludes halogenated alkanes) is 4. The van der Waals surface area contributed by atoms with Crippen LogP contribution in [0.15, 0.2) is 0 Å². The number of ketones is 1.